The molecule has 1 N–H and O–H groups in total. The Morgan fingerprint density at radius 1 is 0.794 bits per heavy atom. The van der Waals surface area contributed by atoms with Gasteiger partial charge < -0.3 is 19.2 Å². The van der Waals surface area contributed by atoms with Gasteiger partial charge in [-0.1, -0.05) is 42.5 Å². The Morgan fingerprint density at radius 3 is 1.94 bits per heavy atom. The van der Waals surface area contributed by atoms with Gasteiger partial charge in [0, 0.05) is 11.3 Å². The van der Waals surface area contributed by atoms with Gasteiger partial charge in [0.2, 0.25) is 0 Å². The number of benzene rings is 3. The van der Waals surface area contributed by atoms with Crippen molar-refractivity contribution in [3.05, 3.63) is 112 Å². The molecule has 3 aromatic carbocycles. The van der Waals surface area contributed by atoms with Gasteiger partial charge in [0.05, 0.1) is 0 Å². The SMILES string of the molecule is Cc1cc(-c2ccc(OCCOc3ccc(OCc4ccccc4)cc3)cc2)c(C#N)c(=O)[nH]1. The maximum Gasteiger partial charge on any atom is 0.266 e. The lowest BCUT2D eigenvalue weighted by Gasteiger charge is -2.11. The van der Waals surface area contributed by atoms with Crippen molar-refractivity contribution >= 4 is 0 Å². The van der Waals surface area contributed by atoms with Crippen molar-refractivity contribution in [3.63, 3.8) is 0 Å². The average Bonchev–Trinajstić information content (AvgIpc) is 2.87. The summed E-state index contributed by atoms with van der Waals surface area (Å²) in [6, 6.07) is 28.6. The summed E-state index contributed by atoms with van der Waals surface area (Å²) in [5, 5.41) is 9.32. The molecule has 0 bridgehead atoms. The van der Waals surface area contributed by atoms with E-state index in [1.165, 1.54) is 0 Å². The Kier molecular flexibility index (Phi) is 7.26. The Hall–Kier alpha value is -4.50. The van der Waals surface area contributed by atoms with E-state index in [0.717, 1.165) is 22.6 Å². The average molecular weight is 453 g/mol. The van der Waals surface area contributed by atoms with Crippen molar-refractivity contribution in [1.82, 2.24) is 4.98 Å². The van der Waals surface area contributed by atoms with E-state index >= 15 is 0 Å². The van der Waals surface area contributed by atoms with Gasteiger partial charge in [-0.05, 0) is 60.5 Å². The van der Waals surface area contributed by atoms with Crippen molar-refractivity contribution in [2.45, 2.75) is 13.5 Å². The van der Waals surface area contributed by atoms with E-state index in [1.807, 2.05) is 84.9 Å². The van der Waals surface area contributed by atoms with Gasteiger partial charge in [0.15, 0.2) is 0 Å². The number of ether oxygens (including phenoxy) is 3. The van der Waals surface area contributed by atoms with Gasteiger partial charge in [-0.3, -0.25) is 4.79 Å². The van der Waals surface area contributed by atoms with Crippen LogP contribution >= 0.6 is 0 Å². The fraction of sp³-hybridized carbons (Fsp3) is 0.143. The van der Waals surface area contributed by atoms with Crippen molar-refractivity contribution in [2.75, 3.05) is 13.2 Å². The standard InChI is InChI=1S/C28H24N2O4/c1-20-17-26(27(18-29)28(31)30-20)22-7-9-23(10-8-22)32-15-16-33-24-11-13-25(14-12-24)34-19-21-5-3-2-4-6-21/h2-14,17H,15-16,19H2,1H3,(H,30,31). The second kappa shape index (κ2) is 10.9. The van der Waals surface area contributed by atoms with Crippen LogP contribution < -0.4 is 19.8 Å². The lowest BCUT2D eigenvalue weighted by atomic mass is 10.0. The number of nitrogens with one attached hydrogen (secondary N) is 1. The molecule has 4 aromatic rings. The van der Waals surface area contributed by atoms with Crippen LogP contribution in [0.15, 0.2) is 89.7 Å². The molecule has 0 spiro atoms. The minimum atomic E-state index is -0.384. The van der Waals surface area contributed by atoms with E-state index in [-0.39, 0.29) is 11.1 Å². The zero-order valence-electron chi connectivity index (χ0n) is 18.8. The van der Waals surface area contributed by atoms with Gasteiger partial charge in [-0.15, -0.1) is 0 Å². The predicted molar refractivity (Wildman–Crippen MR) is 130 cm³/mol. The lowest BCUT2D eigenvalue weighted by Crippen LogP contribution is -2.12. The second-order valence-corrected chi connectivity index (χ2v) is 7.65. The maximum atomic E-state index is 12.0. The molecule has 0 saturated carbocycles. The summed E-state index contributed by atoms with van der Waals surface area (Å²) in [6.07, 6.45) is 0. The zero-order valence-corrected chi connectivity index (χ0v) is 18.8. The normalized spacial score (nSPS) is 10.4. The van der Waals surface area contributed by atoms with E-state index in [9.17, 15) is 10.1 Å². The highest BCUT2D eigenvalue weighted by Gasteiger charge is 2.10. The van der Waals surface area contributed by atoms with Crippen molar-refractivity contribution in [1.29, 1.82) is 5.26 Å². The minimum absolute atomic E-state index is 0.101. The minimum Gasteiger partial charge on any atom is -0.490 e. The van der Waals surface area contributed by atoms with E-state index in [4.69, 9.17) is 14.2 Å². The molecule has 0 radical (unpaired) electrons. The molecule has 34 heavy (non-hydrogen) atoms. The van der Waals surface area contributed by atoms with Crippen molar-refractivity contribution in [2.24, 2.45) is 0 Å². The molecule has 0 aliphatic heterocycles. The Morgan fingerprint density at radius 2 is 1.35 bits per heavy atom. The number of pyridine rings is 1. The maximum absolute atomic E-state index is 12.0. The monoisotopic (exact) mass is 452 g/mol. The number of H-pyrrole nitrogens is 1. The summed E-state index contributed by atoms with van der Waals surface area (Å²) in [4.78, 5) is 14.7. The molecule has 1 aromatic heterocycles. The molecule has 6 nitrogen and oxygen atoms in total. The second-order valence-electron chi connectivity index (χ2n) is 7.65. The van der Waals surface area contributed by atoms with Crippen LogP contribution in [0, 0.1) is 18.3 Å². The van der Waals surface area contributed by atoms with Crippen LogP contribution in [0.3, 0.4) is 0 Å². The highest BCUT2D eigenvalue weighted by molar-refractivity contribution is 5.70. The molecular formula is C28H24N2O4. The molecule has 0 amide bonds. The van der Waals surface area contributed by atoms with Crippen LogP contribution in [0.2, 0.25) is 0 Å². The first kappa shape index (κ1) is 22.7. The Bertz CT molecular complexity index is 1320. The smallest absolute Gasteiger partial charge is 0.266 e. The van der Waals surface area contributed by atoms with E-state index in [0.29, 0.717) is 36.8 Å². The van der Waals surface area contributed by atoms with Crippen LogP contribution in [0.1, 0.15) is 16.8 Å². The van der Waals surface area contributed by atoms with Crippen molar-refractivity contribution < 1.29 is 14.2 Å². The van der Waals surface area contributed by atoms with E-state index in [1.54, 1.807) is 13.0 Å². The first-order valence-corrected chi connectivity index (χ1v) is 10.9. The van der Waals surface area contributed by atoms with E-state index < -0.39 is 0 Å². The van der Waals surface area contributed by atoms with Crippen LogP contribution in [-0.2, 0) is 6.61 Å². The molecule has 0 atom stereocenters. The first-order valence-electron chi connectivity index (χ1n) is 10.9. The molecule has 0 saturated heterocycles. The summed E-state index contributed by atoms with van der Waals surface area (Å²) in [6.45, 7) is 3.07. The summed E-state index contributed by atoms with van der Waals surface area (Å²) >= 11 is 0. The Labute approximate surface area is 198 Å². The molecule has 0 fully saturated rings. The van der Waals surface area contributed by atoms with Crippen LogP contribution in [0.25, 0.3) is 11.1 Å². The topological polar surface area (TPSA) is 84.3 Å². The molecule has 0 aliphatic rings. The van der Waals surface area contributed by atoms with Crippen LogP contribution in [0.5, 0.6) is 17.2 Å². The van der Waals surface area contributed by atoms with Gasteiger partial charge in [-0.2, -0.15) is 5.26 Å². The third-order valence-corrected chi connectivity index (χ3v) is 5.14. The molecule has 6 heteroatoms. The van der Waals surface area contributed by atoms with Gasteiger partial charge in [0.1, 0.15) is 48.7 Å². The van der Waals surface area contributed by atoms with Crippen molar-refractivity contribution in [3.8, 4) is 34.4 Å². The fourth-order valence-corrected chi connectivity index (χ4v) is 3.45. The highest BCUT2D eigenvalue weighted by atomic mass is 16.5. The third-order valence-electron chi connectivity index (χ3n) is 5.14. The molecule has 170 valence electrons. The van der Waals surface area contributed by atoms with Gasteiger partial charge >= 0.3 is 0 Å². The highest BCUT2D eigenvalue weighted by Crippen LogP contribution is 2.24. The van der Waals surface area contributed by atoms with E-state index in [2.05, 4.69) is 4.98 Å². The molecule has 4 rings (SSSR count). The number of hydrogen-bond donors (Lipinski definition) is 1. The number of aromatic amines is 1. The molecule has 0 aliphatic carbocycles. The number of nitriles is 1. The van der Waals surface area contributed by atoms with Gasteiger partial charge in [-0.25, -0.2) is 0 Å². The largest absolute Gasteiger partial charge is 0.490 e. The summed E-state index contributed by atoms with van der Waals surface area (Å²) in [7, 11) is 0. The molecule has 1 heterocycles. The summed E-state index contributed by atoms with van der Waals surface area (Å²) in [5.41, 5.74) is 2.92. The van der Waals surface area contributed by atoms with Crippen LogP contribution in [-0.4, -0.2) is 18.2 Å². The van der Waals surface area contributed by atoms with Crippen LogP contribution in [0.4, 0.5) is 0 Å². The Balaban J connectivity index is 1.25. The predicted octanol–water partition coefficient (Wildman–Crippen LogP) is 5.26. The third kappa shape index (κ3) is 5.84. The number of rotatable bonds is 9. The van der Waals surface area contributed by atoms with Gasteiger partial charge in [0.25, 0.3) is 5.56 Å². The molecular weight excluding hydrogens is 428 g/mol. The number of hydrogen-bond acceptors (Lipinski definition) is 5. The summed E-state index contributed by atoms with van der Waals surface area (Å²) in [5.74, 6) is 2.19. The zero-order chi connectivity index (χ0) is 23.8. The quantitative estimate of drug-likeness (QED) is 0.350. The number of nitrogens with zero attached hydrogens (tertiary/aromatic N) is 1. The number of aryl methyl sites for hydroxylation is 1. The fourth-order valence-electron chi connectivity index (χ4n) is 3.45. The first-order chi connectivity index (χ1) is 16.6. The number of aromatic nitrogens is 1. The lowest BCUT2D eigenvalue weighted by molar-refractivity contribution is 0.217. The molecule has 0 unspecified atom stereocenters. The summed E-state index contributed by atoms with van der Waals surface area (Å²) < 4.78 is 17.3.